The number of ketones is 1. The van der Waals surface area contributed by atoms with E-state index in [-0.39, 0.29) is 18.2 Å². The standard InChI is InChI=1S/C24H21N3O7/c1-26-21(25)19(22(29)27(2)24(26)31)17(28)13-33-23(30)20-16(12-32-14-8-4-3-5-9-14)15-10-6-7-11-18(15)34-20/h3-11H,12-13,25H2,1-2H3. The molecule has 174 valence electrons. The number of para-hydroxylation sites is 2. The average Bonchev–Trinajstić information content (AvgIpc) is 3.23. The van der Waals surface area contributed by atoms with Crippen LogP contribution in [0.1, 0.15) is 26.5 Å². The van der Waals surface area contributed by atoms with Gasteiger partial charge in [0.05, 0.1) is 5.56 Å². The number of benzene rings is 2. The number of carbonyl (C=O) groups excluding carboxylic acids is 2. The Morgan fingerprint density at radius 3 is 2.38 bits per heavy atom. The molecular formula is C24H21N3O7. The molecule has 34 heavy (non-hydrogen) atoms. The van der Waals surface area contributed by atoms with Gasteiger partial charge in [0.1, 0.15) is 29.3 Å². The average molecular weight is 463 g/mol. The summed E-state index contributed by atoms with van der Waals surface area (Å²) in [6, 6.07) is 16.1. The Morgan fingerprint density at radius 1 is 0.971 bits per heavy atom. The van der Waals surface area contributed by atoms with Crippen LogP contribution >= 0.6 is 0 Å². The summed E-state index contributed by atoms with van der Waals surface area (Å²) in [5.41, 5.74) is 4.71. The third-order valence-corrected chi connectivity index (χ3v) is 5.33. The number of Topliss-reactive ketones (excluding diaryl/α,β-unsaturated/α-hetero) is 1. The van der Waals surface area contributed by atoms with E-state index in [1.54, 1.807) is 36.4 Å². The van der Waals surface area contributed by atoms with E-state index in [1.165, 1.54) is 14.1 Å². The SMILES string of the molecule is Cn1c(N)c(C(=O)COC(=O)c2oc3ccccc3c2COc2ccccc2)c(=O)n(C)c1=O. The minimum atomic E-state index is -0.906. The number of nitrogens with zero attached hydrogens (tertiary/aromatic N) is 2. The topological polar surface area (TPSA) is 136 Å². The number of rotatable bonds is 7. The van der Waals surface area contributed by atoms with E-state index >= 15 is 0 Å². The Bertz CT molecular complexity index is 1510. The lowest BCUT2D eigenvalue weighted by Gasteiger charge is -2.11. The van der Waals surface area contributed by atoms with Crippen molar-refractivity contribution in [2.24, 2.45) is 14.1 Å². The molecule has 0 aliphatic rings. The molecule has 2 heterocycles. The second kappa shape index (κ2) is 9.10. The summed E-state index contributed by atoms with van der Waals surface area (Å²) < 4.78 is 18.4. The monoisotopic (exact) mass is 463 g/mol. The summed E-state index contributed by atoms with van der Waals surface area (Å²) in [6.07, 6.45) is 0. The zero-order valence-electron chi connectivity index (χ0n) is 18.4. The van der Waals surface area contributed by atoms with E-state index in [0.717, 1.165) is 9.13 Å². The van der Waals surface area contributed by atoms with Crippen molar-refractivity contribution in [3.63, 3.8) is 0 Å². The van der Waals surface area contributed by atoms with Gasteiger partial charge in [-0.25, -0.2) is 9.59 Å². The lowest BCUT2D eigenvalue weighted by atomic mass is 10.1. The Balaban J connectivity index is 1.59. The van der Waals surface area contributed by atoms with Crippen molar-refractivity contribution >= 4 is 28.5 Å². The molecule has 0 spiro atoms. The van der Waals surface area contributed by atoms with Crippen molar-refractivity contribution in [2.45, 2.75) is 6.61 Å². The van der Waals surface area contributed by atoms with Gasteiger partial charge in [0.25, 0.3) is 5.56 Å². The molecule has 0 atom stereocenters. The molecule has 2 aromatic carbocycles. The van der Waals surface area contributed by atoms with Gasteiger partial charge in [-0.15, -0.1) is 0 Å². The van der Waals surface area contributed by atoms with E-state index in [9.17, 15) is 19.2 Å². The number of carbonyl (C=O) groups is 2. The molecule has 2 aromatic heterocycles. The fourth-order valence-electron chi connectivity index (χ4n) is 3.47. The van der Waals surface area contributed by atoms with E-state index in [0.29, 0.717) is 22.3 Å². The maximum Gasteiger partial charge on any atom is 0.375 e. The summed E-state index contributed by atoms with van der Waals surface area (Å²) in [4.78, 5) is 49.8. The number of fused-ring (bicyclic) bond motifs is 1. The lowest BCUT2D eigenvalue weighted by molar-refractivity contribution is 0.0442. The minimum absolute atomic E-state index is 0.0215. The molecule has 10 heteroatoms. The molecule has 0 saturated heterocycles. The molecule has 0 bridgehead atoms. The van der Waals surface area contributed by atoms with Crippen LogP contribution in [0.5, 0.6) is 5.75 Å². The maximum atomic E-state index is 12.8. The normalized spacial score (nSPS) is 10.9. The van der Waals surface area contributed by atoms with Gasteiger partial charge >= 0.3 is 11.7 Å². The van der Waals surface area contributed by atoms with Crippen molar-refractivity contribution in [2.75, 3.05) is 12.3 Å². The van der Waals surface area contributed by atoms with E-state index in [2.05, 4.69) is 0 Å². The Morgan fingerprint density at radius 2 is 1.65 bits per heavy atom. The van der Waals surface area contributed by atoms with Crippen molar-refractivity contribution in [3.05, 3.63) is 92.3 Å². The molecule has 0 aliphatic heterocycles. The van der Waals surface area contributed by atoms with Crippen molar-refractivity contribution in [3.8, 4) is 5.75 Å². The fraction of sp³-hybridized carbons (Fsp3) is 0.167. The number of esters is 1. The predicted molar refractivity (Wildman–Crippen MR) is 123 cm³/mol. The van der Waals surface area contributed by atoms with Gasteiger partial charge in [0.15, 0.2) is 6.61 Å². The largest absolute Gasteiger partial charge is 0.489 e. The van der Waals surface area contributed by atoms with Crippen molar-refractivity contribution in [1.29, 1.82) is 0 Å². The molecule has 2 N–H and O–H groups in total. The lowest BCUT2D eigenvalue weighted by Crippen LogP contribution is -2.42. The second-order valence-corrected chi connectivity index (χ2v) is 7.47. The molecule has 0 unspecified atom stereocenters. The molecule has 0 aliphatic carbocycles. The number of hydrogen-bond donors (Lipinski definition) is 1. The number of anilines is 1. The van der Waals surface area contributed by atoms with Crippen molar-refractivity contribution in [1.82, 2.24) is 9.13 Å². The van der Waals surface area contributed by atoms with Gasteiger partial charge in [-0.2, -0.15) is 0 Å². The zero-order valence-corrected chi connectivity index (χ0v) is 18.4. The molecule has 4 aromatic rings. The first-order chi connectivity index (χ1) is 16.3. The Hall–Kier alpha value is -4.60. The highest BCUT2D eigenvalue weighted by Crippen LogP contribution is 2.28. The molecule has 10 nitrogen and oxygen atoms in total. The molecule has 4 rings (SSSR count). The first kappa shape index (κ1) is 22.6. The first-order valence-electron chi connectivity index (χ1n) is 10.2. The molecule has 0 radical (unpaired) electrons. The molecular weight excluding hydrogens is 442 g/mol. The number of furan rings is 1. The smallest absolute Gasteiger partial charge is 0.375 e. The van der Waals surface area contributed by atoms with Crippen LogP contribution in [0, 0.1) is 0 Å². The molecule has 0 fully saturated rings. The maximum absolute atomic E-state index is 12.8. The van der Waals surface area contributed by atoms with E-state index < -0.39 is 35.2 Å². The first-order valence-corrected chi connectivity index (χ1v) is 10.2. The predicted octanol–water partition coefficient (Wildman–Crippen LogP) is 2.03. The summed E-state index contributed by atoms with van der Waals surface area (Å²) in [7, 11) is 2.55. The Labute approximate surface area is 192 Å². The summed E-state index contributed by atoms with van der Waals surface area (Å²) in [5, 5.41) is 0.660. The summed E-state index contributed by atoms with van der Waals surface area (Å²) >= 11 is 0. The molecule has 0 saturated carbocycles. The van der Waals surface area contributed by atoms with Gasteiger partial charge in [0, 0.05) is 19.5 Å². The number of nitrogens with two attached hydrogens (primary N) is 1. The minimum Gasteiger partial charge on any atom is -0.489 e. The number of aromatic nitrogens is 2. The third kappa shape index (κ3) is 4.08. The van der Waals surface area contributed by atoms with Crippen LogP contribution in [0.4, 0.5) is 5.82 Å². The highest BCUT2D eigenvalue weighted by atomic mass is 16.5. The number of ether oxygens (including phenoxy) is 2. The van der Waals surface area contributed by atoms with Crippen LogP contribution in [0.15, 0.2) is 68.6 Å². The highest BCUT2D eigenvalue weighted by Gasteiger charge is 2.25. The van der Waals surface area contributed by atoms with Crippen molar-refractivity contribution < 1.29 is 23.5 Å². The zero-order chi connectivity index (χ0) is 24.4. The summed E-state index contributed by atoms with van der Waals surface area (Å²) in [6.45, 7) is -0.750. The van der Waals surface area contributed by atoms with Crippen LogP contribution in [-0.4, -0.2) is 27.5 Å². The molecule has 0 amide bonds. The van der Waals surface area contributed by atoms with E-state index in [1.807, 2.05) is 18.2 Å². The van der Waals surface area contributed by atoms with Crippen LogP contribution in [0.25, 0.3) is 11.0 Å². The van der Waals surface area contributed by atoms with Gasteiger partial charge in [-0.1, -0.05) is 36.4 Å². The fourth-order valence-corrected chi connectivity index (χ4v) is 3.47. The third-order valence-electron chi connectivity index (χ3n) is 5.33. The highest BCUT2D eigenvalue weighted by molar-refractivity contribution is 6.02. The van der Waals surface area contributed by atoms with Gasteiger partial charge in [0.2, 0.25) is 11.5 Å². The van der Waals surface area contributed by atoms with Gasteiger partial charge in [-0.05, 0) is 18.2 Å². The van der Waals surface area contributed by atoms with Crippen LogP contribution in [0.2, 0.25) is 0 Å². The van der Waals surface area contributed by atoms with Crippen LogP contribution < -0.4 is 21.7 Å². The summed E-state index contributed by atoms with van der Waals surface area (Å²) in [5.74, 6) is -1.58. The van der Waals surface area contributed by atoms with Gasteiger partial charge in [-0.3, -0.25) is 18.7 Å². The van der Waals surface area contributed by atoms with E-state index in [4.69, 9.17) is 19.6 Å². The second-order valence-electron chi connectivity index (χ2n) is 7.47. The number of nitrogen functional groups attached to an aromatic ring is 1. The Kier molecular flexibility index (Phi) is 6.05. The number of hydrogen-bond acceptors (Lipinski definition) is 8. The quantitative estimate of drug-likeness (QED) is 0.325. The van der Waals surface area contributed by atoms with Crippen LogP contribution in [0.3, 0.4) is 0 Å². The van der Waals surface area contributed by atoms with Crippen LogP contribution in [-0.2, 0) is 25.4 Å². The van der Waals surface area contributed by atoms with Gasteiger partial charge < -0.3 is 19.6 Å².